The van der Waals surface area contributed by atoms with Gasteiger partial charge in [0.1, 0.15) is 0 Å². The predicted octanol–water partition coefficient (Wildman–Crippen LogP) is 5.11. The molecular formula is C23H37NO3S2. The van der Waals surface area contributed by atoms with Gasteiger partial charge in [-0.1, -0.05) is 50.1 Å². The molecule has 0 saturated carbocycles. The minimum absolute atomic E-state index is 0.0496. The molecule has 1 atom stereocenters. The number of thioether (sulfide) groups is 1. The minimum Gasteiger partial charge on any atom is -0.303 e. The van der Waals surface area contributed by atoms with Gasteiger partial charge in [0.05, 0.1) is 10.1 Å². The van der Waals surface area contributed by atoms with Gasteiger partial charge in [-0.25, -0.2) is 8.42 Å². The van der Waals surface area contributed by atoms with E-state index in [4.69, 9.17) is 0 Å². The number of sulfone groups is 1. The van der Waals surface area contributed by atoms with Gasteiger partial charge in [-0.15, -0.1) is 0 Å². The lowest BCUT2D eigenvalue weighted by Gasteiger charge is -2.28. The Bertz CT molecular complexity index is 710. The molecule has 0 radical (unpaired) electrons. The standard InChI is InChI=1S/C23H37NO3S2/c1-3-4-6-9-21-10-12-22(13-11-21)29(26,27)23(15-19-28-20(2)25)14-18-24-16-7-5-8-17-24/h10-13,23H,3-9,14-19H2,1-2H3. The highest BCUT2D eigenvalue weighted by atomic mass is 32.2. The Balaban J connectivity index is 2.05. The number of carbonyl (C=O) groups excluding carboxylic acids is 1. The van der Waals surface area contributed by atoms with Gasteiger partial charge in [-0.2, -0.15) is 0 Å². The maximum absolute atomic E-state index is 13.3. The average molecular weight is 440 g/mol. The van der Waals surface area contributed by atoms with Gasteiger partial charge in [0.15, 0.2) is 15.0 Å². The van der Waals surface area contributed by atoms with Gasteiger partial charge in [-0.05, 0) is 75.9 Å². The quantitative estimate of drug-likeness (QED) is 0.424. The number of hydrogen-bond acceptors (Lipinski definition) is 5. The van der Waals surface area contributed by atoms with Crippen molar-refractivity contribution in [2.75, 3.05) is 25.4 Å². The number of unbranched alkanes of at least 4 members (excludes halogenated alkanes) is 2. The summed E-state index contributed by atoms with van der Waals surface area (Å²) < 4.78 is 26.7. The molecule has 164 valence electrons. The van der Waals surface area contributed by atoms with Gasteiger partial charge in [0, 0.05) is 12.7 Å². The van der Waals surface area contributed by atoms with Crippen LogP contribution >= 0.6 is 11.8 Å². The van der Waals surface area contributed by atoms with Crippen molar-refractivity contribution in [3.63, 3.8) is 0 Å². The molecule has 1 aliphatic heterocycles. The first kappa shape index (κ1) is 24.4. The molecule has 0 bridgehead atoms. The van der Waals surface area contributed by atoms with Crippen LogP contribution in [0.15, 0.2) is 29.2 Å². The second kappa shape index (κ2) is 12.8. The summed E-state index contributed by atoms with van der Waals surface area (Å²) in [6.07, 6.45) is 9.38. The molecule has 1 aromatic rings. The molecule has 0 amide bonds. The van der Waals surface area contributed by atoms with Gasteiger partial charge >= 0.3 is 0 Å². The lowest BCUT2D eigenvalue weighted by atomic mass is 10.1. The fourth-order valence-electron chi connectivity index (χ4n) is 3.92. The van der Waals surface area contributed by atoms with Gasteiger partial charge in [0.2, 0.25) is 0 Å². The fraction of sp³-hybridized carbons (Fsp3) is 0.696. The largest absolute Gasteiger partial charge is 0.303 e. The summed E-state index contributed by atoms with van der Waals surface area (Å²) in [5.41, 5.74) is 1.20. The molecule has 29 heavy (non-hydrogen) atoms. The summed E-state index contributed by atoms with van der Waals surface area (Å²) in [7, 11) is -3.39. The summed E-state index contributed by atoms with van der Waals surface area (Å²) >= 11 is 1.23. The maximum Gasteiger partial charge on any atom is 0.185 e. The molecular weight excluding hydrogens is 402 g/mol. The number of benzene rings is 1. The molecule has 0 aliphatic carbocycles. The number of aryl methyl sites for hydroxylation is 1. The molecule has 1 unspecified atom stereocenters. The first-order valence-corrected chi connectivity index (χ1v) is 13.6. The number of nitrogens with zero attached hydrogens (tertiary/aromatic N) is 1. The van der Waals surface area contributed by atoms with Gasteiger partial charge < -0.3 is 4.90 Å². The van der Waals surface area contributed by atoms with Gasteiger partial charge in [0.25, 0.3) is 0 Å². The summed E-state index contributed by atoms with van der Waals surface area (Å²) in [6, 6.07) is 7.49. The Labute approximate surface area is 181 Å². The molecule has 0 spiro atoms. The number of piperidine rings is 1. The Morgan fingerprint density at radius 3 is 2.38 bits per heavy atom. The predicted molar refractivity (Wildman–Crippen MR) is 123 cm³/mol. The topological polar surface area (TPSA) is 54.5 Å². The second-order valence-electron chi connectivity index (χ2n) is 8.09. The zero-order valence-corrected chi connectivity index (χ0v) is 19.7. The molecule has 1 saturated heterocycles. The lowest BCUT2D eigenvalue weighted by molar-refractivity contribution is -0.109. The first-order chi connectivity index (χ1) is 13.9. The van der Waals surface area contributed by atoms with Crippen molar-refractivity contribution in [2.24, 2.45) is 0 Å². The Hall–Kier alpha value is -0.850. The van der Waals surface area contributed by atoms with Crippen LogP contribution in [0.2, 0.25) is 0 Å². The van der Waals surface area contributed by atoms with Crippen molar-refractivity contribution in [3.8, 4) is 0 Å². The number of carbonyl (C=O) groups is 1. The van der Waals surface area contributed by atoms with Crippen LogP contribution in [0.4, 0.5) is 0 Å². The van der Waals surface area contributed by atoms with E-state index in [-0.39, 0.29) is 5.12 Å². The molecule has 1 fully saturated rings. The molecule has 1 heterocycles. The Morgan fingerprint density at radius 2 is 1.76 bits per heavy atom. The van der Waals surface area contributed by atoms with Crippen molar-refractivity contribution >= 4 is 26.7 Å². The Kier molecular flexibility index (Phi) is 10.7. The third-order valence-electron chi connectivity index (χ3n) is 5.72. The van der Waals surface area contributed by atoms with Crippen molar-refractivity contribution in [3.05, 3.63) is 29.8 Å². The van der Waals surface area contributed by atoms with Crippen molar-refractivity contribution in [1.29, 1.82) is 0 Å². The maximum atomic E-state index is 13.3. The number of likely N-dealkylation sites (tertiary alicyclic amines) is 1. The van der Waals surface area contributed by atoms with Crippen LogP contribution in [0.3, 0.4) is 0 Å². The first-order valence-electron chi connectivity index (χ1n) is 11.1. The molecule has 1 aliphatic rings. The third kappa shape index (κ3) is 8.42. The van der Waals surface area contributed by atoms with Crippen LogP contribution in [0.5, 0.6) is 0 Å². The summed E-state index contributed by atoms with van der Waals surface area (Å²) in [6.45, 7) is 6.69. The van der Waals surface area contributed by atoms with E-state index in [2.05, 4.69) is 11.8 Å². The molecule has 4 nitrogen and oxygen atoms in total. The van der Waals surface area contributed by atoms with E-state index in [1.807, 2.05) is 12.1 Å². The van der Waals surface area contributed by atoms with Crippen molar-refractivity contribution in [1.82, 2.24) is 4.90 Å². The monoisotopic (exact) mass is 439 g/mol. The van der Waals surface area contributed by atoms with E-state index in [9.17, 15) is 13.2 Å². The van der Waals surface area contributed by atoms with Crippen molar-refractivity contribution in [2.45, 2.75) is 81.8 Å². The zero-order chi connectivity index (χ0) is 21.1. The summed E-state index contributed by atoms with van der Waals surface area (Å²) in [5, 5.41) is -0.379. The van der Waals surface area contributed by atoms with E-state index in [1.165, 1.54) is 49.4 Å². The highest BCUT2D eigenvalue weighted by Gasteiger charge is 2.28. The van der Waals surface area contributed by atoms with Crippen molar-refractivity contribution < 1.29 is 13.2 Å². The zero-order valence-electron chi connectivity index (χ0n) is 18.1. The highest BCUT2D eigenvalue weighted by Crippen LogP contribution is 2.24. The molecule has 6 heteroatoms. The smallest absolute Gasteiger partial charge is 0.185 e. The second-order valence-corrected chi connectivity index (χ2v) is 11.6. The normalized spacial score (nSPS) is 16.6. The van der Waals surface area contributed by atoms with E-state index in [1.54, 1.807) is 19.1 Å². The van der Waals surface area contributed by atoms with E-state index < -0.39 is 15.1 Å². The van der Waals surface area contributed by atoms with Crippen LogP contribution in [-0.4, -0.2) is 49.1 Å². The highest BCUT2D eigenvalue weighted by molar-refractivity contribution is 8.13. The summed E-state index contributed by atoms with van der Waals surface area (Å²) in [5.74, 6) is 0.564. The van der Waals surface area contributed by atoms with E-state index in [0.29, 0.717) is 23.5 Å². The minimum atomic E-state index is -3.39. The molecule has 1 aromatic carbocycles. The van der Waals surface area contributed by atoms with Crippen LogP contribution in [0.1, 0.15) is 70.8 Å². The van der Waals surface area contributed by atoms with E-state index in [0.717, 1.165) is 32.5 Å². The van der Waals surface area contributed by atoms with Crippen LogP contribution in [0, 0.1) is 0 Å². The van der Waals surface area contributed by atoms with Gasteiger partial charge in [-0.3, -0.25) is 4.79 Å². The van der Waals surface area contributed by atoms with Crippen LogP contribution < -0.4 is 0 Å². The fourth-order valence-corrected chi connectivity index (χ4v) is 6.50. The number of hydrogen-bond donors (Lipinski definition) is 0. The van der Waals surface area contributed by atoms with Crippen LogP contribution in [-0.2, 0) is 21.1 Å². The number of rotatable bonds is 12. The SMILES string of the molecule is CCCCCc1ccc(S(=O)(=O)C(CCSC(C)=O)CCN2CCCCC2)cc1. The Morgan fingerprint density at radius 1 is 1.07 bits per heavy atom. The van der Waals surface area contributed by atoms with E-state index >= 15 is 0 Å². The lowest BCUT2D eigenvalue weighted by Crippen LogP contribution is -2.34. The van der Waals surface area contributed by atoms with Crippen LogP contribution in [0.25, 0.3) is 0 Å². The molecule has 2 rings (SSSR count). The molecule has 0 aromatic heterocycles. The third-order valence-corrected chi connectivity index (χ3v) is 8.85. The molecule has 0 N–H and O–H groups in total. The summed E-state index contributed by atoms with van der Waals surface area (Å²) in [4.78, 5) is 14.1. The average Bonchev–Trinajstić information content (AvgIpc) is 2.71.